The fourth-order valence-electron chi connectivity index (χ4n) is 10.2. The van der Waals surface area contributed by atoms with Crippen LogP contribution in [0.15, 0.2) is 41.1 Å². The van der Waals surface area contributed by atoms with Crippen molar-refractivity contribution >= 4 is 11.9 Å². The van der Waals surface area contributed by atoms with Gasteiger partial charge in [-0.05, 0) is 75.4 Å². The summed E-state index contributed by atoms with van der Waals surface area (Å²) in [5, 5.41) is 42.7. The number of carbonyl (C=O) groups is 2. The van der Waals surface area contributed by atoms with Gasteiger partial charge in [-0.25, -0.2) is 9.48 Å². The molecule has 1 aromatic heterocycles. The molecule has 11 heteroatoms. The van der Waals surface area contributed by atoms with Crippen molar-refractivity contribution in [3.8, 4) is 0 Å². The van der Waals surface area contributed by atoms with Crippen LogP contribution in [0.5, 0.6) is 0 Å². The number of ether oxygens (including phenoxy) is 1. The van der Waals surface area contributed by atoms with E-state index in [0.29, 0.717) is 43.4 Å². The highest BCUT2D eigenvalue weighted by molar-refractivity contribution is 5.91. The molecule has 11 nitrogen and oxygen atoms in total. The molecule has 0 aromatic carbocycles. The van der Waals surface area contributed by atoms with Gasteiger partial charge in [0.05, 0.1) is 35.2 Å². The molecular weight excluding hydrogens is 562 g/mol. The number of aliphatic hydroxyl groups excluding tert-OH is 2. The molecule has 0 spiro atoms. The predicted molar refractivity (Wildman–Crippen MR) is 164 cm³/mol. The Morgan fingerprint density at radius 1 is 1.14 bits per heavy atom. The average Bonchev–Trinajstić information content (AvgIpc) is 3.52. The number of aliphatic carboxylic acids is 1. The number of esters is 1. The monoisotopic (exact) mass is 611 g/mol. The van der Waals surface area contributed by atoms with Crippen molar-refractivity contribution in [2.45, 2.75) is 116 Å². The van der Waals surface area contributed by atoms with Gasteiger partial charge < -0.3 is 31.5 Å². The summed E-state index contributed by atoms with van der Waals surface area (Å²) in [5.41, 5.74) is 12.9. The van der Waals surface area contributed by atoms with E-state index in [1.165, 1.54) is 6.92 Å². The van der Waals surface area contributed by atoms with Crippen molar-refractivity contribution in [1.82, 2.24) is 15.0 Å². The van der Waals surface area contributed by atoms with Gasteiger partial charge in [-0.15, -0.1) is 5.10 Å². The Balaban J connectivity index is 1.69. The van der Waals surface area contributed by atoms with E-state index in [1.807, 2.05) is 37.7 Å². The predicted octanol–water partition coefficient (Wildman–Crippen LogP) is 2.96. The number of hydrogen-bond donors (Lipinski definition) is 5. The highest BCUT2D eigenvalue weighted by Crippen LogP contribution is 2.72. The molecule has 1 aromatic rings. The van der Waals surface area contributed by atoms with Gasteiger partial charge in [-0.1, -0.05) is 43.7 Å². The number of nitrogens with zero attached hydrogens (tertiary/aromatic N) is 3. The van der Waals surface area contributed by atoms with Crippen LogP contribution in [0.25, 0.3) is 0 Å². The Labute approximate surface area is 259 Å². The maximum absolute atomic E-state index is 12.7. The molecule has 0 saturated heterocycles. The maximum atomic E-state index is 12.7. The molecule has 242 valence electrons. The number of nitrogens with two attached hydrogens (primary N) is 2. The zero-order valence-electron chi connectivity index (χ0n) is 26.8. The summed E-state index contributed by atoms with van der Waals surface area (Å²) in [6.45, 7) is 11.7. The third-order valence-corrected chi connectivity index (χ3v) is 12.2. The van der Waals surface area contributed by atoms with Crippen molar-refractivity contribution in [3.63, 3.8) is 0 Å². The lowest BCUT2D eigenvalue weighted by atomic mass is 9.37. The lowest BCUT2D eigenvalue weighted by molar-refractivity contribution is -0.237. The topological polar surface area (TPSA) is 187 Å². The number of carboxylic acid groups (broad SMARTS) is 1. The number of aromatic nitrogens is 3. The summed E-state index contributed by atoms with van der Waals surface area (Å²) in [6.07, 6.45) is 7.56. The number of aliphatic hydroxyl groups is 2. The molecule has 0 bridgehead atoms. The van der Waals surface area contributed by atoms with Gasteiger partial charge in [0.25, 0.3) is 0 Å². The first kappa shape index (κ1) is 32.5. The van der Waals surface area contributed by atoms with E-state index in [4.69, 9.17) is 16.2 Å². The first-order chi connectivity index (χ1) is 20.6. The fraction of sp³-hybridized carbons (Fsp3) is 0.697. The van der Waals surface area contributed by atoms with E-state index in [1.54, 1.807) is 12.2 Å². The maximum Gasteiger partial charge on any atom is 0.335 e. The van der Waals surface area contributed by atoms with Gasteiger partial charge in [0.2, 0.25) is 0 Å². The Kier molecular flexibility index (Phi) is 8.27. The third-order valence-electron chi connectivity index (χ3n) is 12.2. The molecule has 1 heterocycles. The number of carbonyl (C=O) groups excluding carboxylic acids is 1. The molecular formula is C33H49N5O6. The van der Waals surface area contributed by atoms with E-state index in [2.05, 4.69) is 24.2 Å². The van der Waals surface area contributed by atoms with Crippen LogP contribution >= 0.6 is 0 Å². The van der Waals surface area contributed by atoms with Crippen molar-refractivity contribution in [2.75, 3.05) is 0 Å². The Bertz CT molecular complexity index is 1410. The molecule has 0 radical (unpaired) electrons. The van der Waals surface area contributed by atoms with Crippen molar-refractivity contribution in [3.05, 3.63) is 46.8 Å². The minimum absolute atomic E-state index is 0.0689. The lowest BCUT2D eigenvalue weighted by Gasteiger charge is -2.71. The van der Waals surface area contributed by atoms with E-state index in [9.17, 15) is 24.9 Å². The summed E-state index contributed by atoms with van der Waals surface area (Å²) in [6, 6.07) is 0. The number of allylic oxidation sites excluding steroid dienone is 3. The van der Waals surface area contributed by atoms with E-state index in [-0.39, 0.29) is 24.5 Å². The Morgan fingerprint density at radius 3 is 2.43 bits per heavy atom. The molecule has 4 saturated carbocycles. The normalized spacial score (nSPS) is 42.7. The minimum Gasteiger partial charge on any atom is -0.478 e. The van der Waals surface area contributed by atoms with Gasteiger partial charge >= 0.3 is 11.9 Å². The summed E-state index contributed by atoms with van der Waals surface area (Å²) in [7, 11) is 0. The summed E-state index contributed by atoms with van der Waals surface area (Å²) >= 11 is 0. The summed E-state index contributed by atoms with van der Waals surface area (Å²) in [5.74, 6) is -2.67. The van der Waals surface area contributed by atoms with Crippen LogP contribution in [-0.4, -0.2) is 66.1 Å². The van der Waals surface area contributed by atoms with Crippen LogP contribution in [0.1, 0.15) is 85.8 Å². The van der Waals surface area contributed by atoms with Crippen LogP contribution in [0.3, 0.4) is 0 Å². The summed E-state index contributed by atoms with van der Waals surface area (Å²) < 4.78 is 7.73. The molecule has 10 atom stereocenters. The second kappa shape index (κ2) is 11.2. The van der Waals surface area contributed by atoms with Crippen LogP contribution in [-0.2, 0) is 26.4 Å². The molecule has 4 aliphatic carbocycles. The molecule has 4 fully saturated rings. The van der Waals surface area contributed by atoms with Gasteiger partial charge in [-0.3, -0.25) is 4.79 Å². The highest BCUT2D eigenvalue weighted by Gasteiger charge is 2.75. The minimum atomic E-state index is -1.12. The zero-order chi connectivity index (χ0) is 32.4. The van der Waals surface area contributed by atoms with Crippen molar-refractivity contribution in [2.24, 2.45) is 40.1 Å². The van der Waals surface area contributed by atoms with Crippen LogP contribution in [0.4, 0.5) is 0 Å². The largest absolute Gasteiger partial charge is 0.478 e. The first-order valence-electron chi connectivity index (χ1n) is 15.8. The van der Waals surface area contributed by atoms with Crippen LogP contribution < -0.4 is 11.5 Å². The number of carboxylic acids is 1. The quantitative estimate of drug-likeness (QED) is 0.182. The van der Waals surface area contributed by atoms with E-state index >= 15 is 0 Å². The number of fused-ring (bicyclic) bond motifs is 5. The molecule has 0 unspecified atom stereocenters. The summed E-state index contributed by atoms with van der Waals surface area (Å²) in [4.78, 5) is 25.1. The zero-order valence-corrected chi connectivity index (χ0v) is 26.8. The van der Waals surface area contributed by atoms with E-state index < -0.39 is 64.0 Å². The third kappa shape index (κ3) is 4.53. The molecule has 0 amide bonds. The van der Waals surface area contributed by atoms with Gasteiger partial charge in [0, 0.05) is 36.3 Å². The smallest absolute Gasteiger partial charge is 0.335 e. The van der Waals surface area contributed by atoms with Gasteiger partial charge in [0.15, 0.2) is 0 Å². The molecule has 44 heavy (non-hydrogen) atoms. The van der Waals surface area contributed by atoms with Crippen molar-refractivity contribution < 1.29 is 29.6 Å². The fourth-order valence-corrected chi connectivity index (χ4v) is 10.2. The first-order valence-corrected chi connectivity index (χ1v) is 15.8. The van der Waals surface area contributed by atoms with Gasteiger partial charge in [-0.2, -0.15) is 0 Å². The molecule has 7 N–H and O–H groups in total. The van der Waals surface area contributed by atoms with Gasteiger partial charge in [0.1, 0.15) is 6.10 Å². The van der Waals surface area contributed by atoms with Crippen LogP contribution in [0.2, 0.25) is 0 Å². The average molecular weight is 612 g/mol. The molecule has 5 rings (SSSR count). The highest BCUT2D eigenvalue weighted by atomic mass is 16.5. The number of rotatable bonds is 6. The molecule has 4 aliphatic rings. The SMILES string of the molecule is CC(=O)O[C@H]1C[C@@]2(C)[C@@H](C[C@@H](O)[C@@H]3[C@]2(N)CC[C@@]2(n4cc(CN)nn4)[C@H](C)[C@H](O)CC[C@]32C)/C1=C(\C=C\C=C(C)C)C(=O)O. The second-order valence-corrected chi connectivity index (χ2v) is 14.5. The standard InChI is InChI=1S/C33H49N5O6/c1-18(2)8-7-9-22(29(42)43)27-23-14-25(41)28-30(5)11-10-24(40)19(3)33(30,38-17-21(16-34)36-37-38)13-12-32(28,35)31(23,6)15-26(27)44-20(4)39/h7-9,17,19,23-26,28,40-41H,10-16,34-35H2,1-6H3,(H,42,43)/b9-7+,27-22-/t19-,23+,24-,25-,26+,28+,30-,31+,32-,33-/m1/s1. The Morgan fingerprint density at radius 2 is 1.84 bits per heavy atom. The van der Waals surface area contributed by atoms with Crippen molar-refractivity contribution in [1.29, 1.82) is 0 Å². The lowest BCUT2D eigenvalue weighted by Crippen LogP contribution is -2.78. The van der Waals surface area contributed by atoms with E-state index in [0.717, 1.165) is 5.57 Å². The number of hydrogen-bond acceptors (Lipinski definition) is 9. The molecule has 0 aliphatic heterocycles. The second-order valence-electron chi connectivity index (χ2n) is 14.5. The van der Waals surface area contributed by atoms with Crippen LogP contribution in [0, 0.1) is 28.6 Å². The Hall–Kier alpha value is -2.86.